The van der Waals surface area contributed by atoms with Gasteiger partial charge in [0.1, 0.15) is 5.69 Å². The summed E-state index contributed by atoms with van der Waals surface area (Å²) < 4.78 is 0. The van der Waals surface area contributed by atoms with Gasteiger partial charge in [0.2, 0.25) is 0 Å². The molecule has 1 unspecified atom stereocenters. The maximum atomic E-state index is 10.9. The summed E-state index contributed by atoms with van der Waals surface area (Å²) in [6.07, 6.45) is 2.46. The molecule has 1 heterocycles. The zero-order valence-electron chi connectivity index (χ0n) is 9.81. The van der Waals surface area contributed by atoms with Crippen molar-refractivity contribution in [2.75, 3.05) is 17.6 Å². The molecule has 17 heavy (non-hydrogen) atoms. The number of anilines is 1. The number of rotatable bonds is 4. The fourth-order valence-electron chi connectivity index (χ4n) is 1.98. The lowest BCUT2D eigenvalue weighted by molar-refractivity contribution is -0.384. The Hall–Kier alpha value is -1.23. The van der Waals surface area contributed by atoms with E-state index in [1.165, 1.54) is 18.6 Å². The second-order valence-electron chi connectivity index (χ2n) is 4.29. The third kappa shape index (κ3) is 3.12. The summed E-state index contributed by atoms with van der Waals surface area (Å²) in [6.45, 7) is 2.76. The predicted molar refractivity (Wildman–Crippen MR) is 71.8 cm³/mol. The molecule has 1 saturated heterocycles. The summed E-state index contributed by atoms with van der Waals surface area (Å²) in [4.78, 5) is 10.6. The van der Waals surface area contributed by atoms with E-state index in [1.54, 1.807) is 12.1 Å². The molecule has 0 spiro atoms. The van der Waals surface area contributed by atoms with Crippen molar-refractivity contribution in [3.8, 4) is 0 Å². The Morgan fingerprint density at radius 3 is 3.06 bits per heavy atom. The maximum absolute atomic E-state index is 10.9. The Morgan fingerprint density at radius 1 is 1.59 bits per heavy atom. The Morgan fingerprint density at radius 2 is 2.41 bits per heavy atom. The first kappa shape index (κ1) is 12.2. The highest BCUT2D eigenvalue weighted by atomic mass is 32.2. The molecule has 0 aromatic heterocycles. The maximum Gasteiger partial charge on any atom is 0.292 e. The molecule has 1 aliphatic rings. The third-order valence-corrected chi connectivity index (χ3v) is 4.29. The fourth-order valence-corrected chi connectivity index (χ4v) is 3.18. The van der Waals surface area contributed by atoms with Crippen LogP contribution in [0.15, 0.2) is 18.2 Å². The van der Waals surface area contributed by atoms with E-state index in [-0.39, 0.29) is 10.6 Å². The van der Waals surface area contributed by atoms with Gasteiger partial charge in [-0.1, -0.05) is 6.07 Å². The lowest BCUT2D eigenvalue weighted by Crippen LogP contribution is -2.14. The molecule has 92 valence electrons. The van der Waals surface area contributed by atoms with Crippen LogP contribution < -0.4 is 5.32 Å². The van der Waals surface area contributed by atoms with Gasteiger partial charge in [-0.2, -0.15) is 11.8 Å². The van der Waals surface area contributed by atoms with Crippen molar-refractivity contribution in [1.29, 1.82) is 0 Å². The molecule has 4 nitrogen and oxygen atoms in total. The molecule has 2 rings (SSSR count). The molecule has 1 aliphatic heterocycles. The van der Waals surface area contributed by atoms with Crippen LogP contribution in [0, 0.1) is 17.0 Å². The summed E-state index contributed by atoms with van der Waals surface area (Å²) >= 11 is 1.95. The zero-order chi connectivity index (χ0) is 12.3. The highest BCUT2D eigenvalue weighted by Crippen LogP contribution is 2.29. The van der Waals surface area contributed by atoms with Gasteiger partial charge in [0.25, 0.3) is 5.69 Å². The average Bonchev–Trinajstić information content (AvgIpc) is 2.78. The molecule has 5 heteroatoms. The summed E-state index contributed by atoms with van der Waals surface area (Å²) in [6, 6.07) is 5.19. The van der Waals surface area contributed by atoms with Gasteiger partial charge in [-0.3, -0.25) is 10.1 Å². The monoisotopic (exact) mass is 252 g/mol. The largest absolute Gasteiger partial charge is 0.378 e. The Bertz CT molecular complexity index is 417. The number of aryl methyl sites for hydroxylation is 1. The van der Waals surface area contributed by atoms with Gasteiger partial charge >= 0.3 is 0 Å². The molecule has 0 bridgehead atoms. The Kier molecular flexibility index (Phi) is 3.89. The van der Waals surface area contributed by atoms with Gasteiger partial charge in [-0.15, -0.1) is 0 Å². The molecule has 1 aromatic carbocycles. The number of nitrogens with one attached hydrogen (secondary N) is 1. The van der Waals surface area contributed by atoms with E-state index in [2.05, 4.69) is 5.32 Å². The second kappa shape index (κ2) is 5.40. The highest BCUT2D eigenvalue weighted by Gasteiger charge is 2.18. The van der Waals surface area contributed by atoms with Crippen LogP contribution in [-0.2, 0) is 0 Å². The first-order chi connectivity index (χ1) is 8.16. The van der Waals surface area contributed by atoms with Crippen molar-refractivity contribution >= 4 is 23.1 Å². The Balaban J connectivity index is 2.07. The molecule has 1 atom stereocenters. The fraction of sp³-hybridized carbons (Fsp3) is 0.500. The lowest BCUT2D eigenvalue weighted by atomic mass is 10.2. The summed E-state index contributed by atoms with van der Waals surface area (Å²) in [5.41, 5.74) is 1.85. The number of nitro groups is 1. The van der Waals surface area contributed by atoms with Crippen LogP contribution in [0.4, 0.5) is 11.4 Å². The van der Waals surface area contributed by atoms with Crippen molar-refractivity contribution in [2.24, 2.45) is 0 Å². The van der Waals surface area contributed by atoms with Crippen LogP contribution in [0.3, 0.4) is 0 Å². The van der Waals surface area contributed by atoms with Crippen LogP contribution in [-0.4, -0.2) is 22.5 Å². The SMILES string of the molecule is Cc1ccc([N+](=O)[O-])c(NCC2CCCS2)c1. The minimum Gasteiger partial charge on any atom is -0.378 e. The van der Waals surface area contributed by atoms with Crippen LogP contribution >= 0.6 is 11.8 Å². The van der Waals surface area contributed by atoms with Gasteiger partial charge in [0, 0.05) is 17.9 Å². The van der Waals surface area contributed by atoms with Crippen LogP contribution in [0.25, 0.3) is 0 Å². The van der Waals surface area contributed by atoms with Crippen molar-refractivity contribution in [2.45, 2.75) is 25.0 Å². The number of nitro benzene ring substituents is 1. The van der Waals surface area contributed by atoms with Crippen molar-refractivity contribution < 1.29 is 4.92 Å². The molecular weight excluding hydrogens is 236 g/mol. The van der Waals surface area contributed by atoms with Gasteiger partial charge in [-0.25, -0.2) is 0 Å². The van der Waals surface area contributed by atoms with E-state index in [9.17, 15) is 10.1 Å². The molecule has 0 saturated carbocycles. The van der Waals surface area contributed by atoms with Gasteiger partial charge < -0.3 is 5.32 Å². The van der Waals surface area contributed by atoms with E-state index in [1.807, 2.05) is 24.8 Å². The average molecular weight is 252 g/mol. The lowest BCUT2D eigenvalue weighted by Gasteiger charge is -2.12. The van der Waals surface area contributed by atoms with E-state index in [0.29, 0.717) is 10.9 Å². The van der Waals surface area contributed by atoms with E-state index >= 15 is 0 Å². The number of hydrogen-bond acceptors (Lipinski definition) is 4. The first-order valence-electron chi connectivity index (χ1n) is 5.77. The number of hydrogen-bond donors (Lipinski definition) is 1. The number of benzene rings is 1. The minimum absolute atomic E-state index is 0.165. The van der Waals surface area contributed by atoms with Gasteiger partial charge in [0.15, 0.2) is 0 Å². The first-order valence-corrected chi connectivity index (χ1v) is 6.82. The second-order valence-corrected chi connectivity index (χ2v) is 5.70. The molecule has 0 aliphatic carbocycles. The molecule has 0 radical (unpaired) electrons. The number of nitrogens with zero attached hydrogens (tertiary/aromatic N) is 1. The smallest absolute Gasteiger partial charge is 0.292 e. The highest BCUT2D eigenvalue weighted by molar-refractivity contribution is 8.00. The molecule has 1 aromatic rings. The van der Waals surface area contributed by atoms with Gasteiger partial charge in [-0.05, 0) is 37.1 Å². The van der Waals surface area contributed by atoms with Crippen molar-refractivity contribution in [1.82, 2.24) is 0 Å². The van der Waals surface area contributed by atoms with Crippen molar-refractivity contribution in [3.05, 3.63) is 33.9 Å². The number of thioether (sulfide) groups is 1. The topological polar surface area (TPSA) is 55.2 Å². The minimum atomic E-state index is -0.330. The Labute approximate surface area is 105 Å². The van der Waals surface area contributed by atoms with Crippen LogP contribution in [0.5, 0.6) is 0 Å². The molecule has 1 fully saturated rings. The molecular formula is C12H16N2O2S. The third-order valence-electron chi connectivity index (χ3n) is 2.89. The summed E-state index contributed by atoms with van der Waals surface area (Å²) in [5.74, 6) is 1.21. The van der Waals surface area contributed by atoms with E-state index in [4.69, 9.17) is 0 Å². The molecule has 1 N–H and O–H groups in total. The van der Waals surface area contributed by atoms with Gasteiger partial charge in [0.05, 0.1) is 4.92 Å². The summed E-state index contributed by atoms with van der Waals surface area (Å²) in [7, 11) is 0. The van der Waals surface area contributed by atoms with E-state index in [0.717, 1.165) is 12.1 Å². The van der Waals surface area contributed by atoms with Crippen LogP contribution in [0.2, 0.25) is 0 Å². The van der Waals surface area contributed by atoms with Crippen molar-refractivity contribution in [3.63, 3.8) is 0 Å². The normalized spacial score (nSPS) is 19.2. The van der Waals surface area contributed by atoms with E-state index < -0.39 is 0 Å². The standard InChI is InChI=1S/C12H16N2O2S/c1-9-4-5-12(14(15)16)11(7-9)13-8-10-3-2-6-17-10/h4-5,7,10,13H,2-3,6,8H2,1H3. The molecule has 0 amide bonds. The zero-order valence-corrected chi connectivity index (χ0v) is 10.6. The quantitative estimate of drug-likeness (QED) is 0.660. The summed E-state index contributed by atoms with van der Waals surface area (Å²) in [5, 5.41) is 14.7. The predicted octanol–water partition coefficient (Wildman–Crippen LogP) is 3.21. The van der Waals surface area contributed by atoms with Crippen LogP contribution in [0.1, 0.15) is 18.4 Å².